The van der Waals surface area contributed by atoms with Crippen molar-refractivity contribution in [2.24, 2.45) is 7.05 Å². The van der Waals surface area contributed by atoms with Crippen molar-refractivity contribution in [3.8, 4) is 56.5 Å². The number of alkyl halides is 4. The Bertz CT molecular complexity index is 2160. The number of aryl methyl sites for hydroxylation is 2. The lowest BCUT2D eigenvalue weighted by molar-refractivity contribution is -0.286. The van der Waals surface area contributed by atoms with Gasteiger partial charge in [-0.1, -0.05) is 12.1 Å². The van der Waals surface area contributed by atoms with E-state index in [0.717, 1.165) is 23.1 Å². The van der Waals surface area contributed by atoms with Gasteiger partial charge in [0.2, 0.25) is 0 Å². The molecule has 1 aliphatic heterocycles. The number of halogens is 5. The second-order valence-corrected chi connectivity index (χ2v) is 12.8. The lowest BCUT2D eigenvalue weighted by atomic mass is 9.93. The molecule has 0 saturated heterocycles. The summed E-state index contributed by atoms with van der Waals surface area (Å²) in [5, 5.41) is 22.8. The zero-order valence-electron chi connectivity index (χ0n) is 24.7. The SMILES string of the molecule is Cc1nc(-c2ccc3c(c2)OC(F)(F)O3)c(-c2cc(-c3cc(F)c(CO)c(S(C)(=O)=O)c3)ccc2-c2cc(C(F)(F)CO)nn2C)o1. The number of rotatable bonds is 8. The number of oxazole rings is 1. The number of aliphatic hydroxyl groups excluding tert-OH is 2. The van der Waals surface area contributed by atoms with Gasteiger partial charge in [-0.15, -0.1) is 8.78 Å². The molecule has 0 unspecified atom stereocenters. The number of aliphatic hydroxyl groups is 2. The molecule has 2 N–H and O–H groups in total. The van der Waals surface area contributed by atoms with Crippen LogP contribution in [0, 0.1) is 12.7 Å². The first-order valence-electron chi connectivity index (χ1n) is 13.7. The van der Waals surface area contributed by atoms with Gasteiger partial charge in [0.1, 0.15) is 23.8 Å². The van der Waals surface area contributed by atoms with Crippen LogP contribution in [0.5, 0.6) is 11.5 Å². The van der Waals surface area contributed by atoms with E-state index in [1.807, 2.05) is 0 Å². The van der Waals surface area contributed by atoms with Crippen LogP contribution in [0.1, 0.15) is 17.1 Å². The molecule has 5 aromatic rings. The molecule has 16 heteroatoms. The molecule has 3 heterocycles. The molecule has 0 radical (unpaired) electrons. The van der Waals surface area contributed by atoms with Crippen molar-refractivity contribution >= 4 is 9.84 Å². The third-order valence-electron chi connectivity index (χ3n) is 7.45. The van der Waals surface area contributed by atoms with Gasteiger partial charge in [-0.3, -0.25) is 4.68 Å². The summed E-state index contributed by atoms with van der Waals surface area (Å²) in [6, 6.07) is 11.7. The highest BCUT2D eigenvalue weighted by atomic mass is 32.2. The fraction of sp³-hybridized carbons (Fsp3) is 0.226. The number of benzene rings is 3. The van der Waals surface area contributed by atoms with E-state index in [4.69, 9.17) is 4.42 Å². The van der Waals surface area contributed by atoms with Crippen molar-refractivity contribution in [2.75, 3.05) is 12.9 Å². The van der Waals surface area contributed by atoms with Crippen LogP contribution in [0.4, 0.5) is 22.0 Å². The molecule has 0 fully saturated rings. The molecule has 47 heavy (non-hydrogen) atoms. The Morgan fingerprint density at radius 2 is 1.64 bits per heavy atom. The normalized spacial score (nSPS) is 14.2. The number of ether oxygens (including phenoxy) is 2. The summed E-state index contributed by atoms with van der Waals surface area (Å²) in [4.78, 5) is 3.99. The molecule has 3 aromatic carbocycles. The lowest BCUT2D eigenvalue weighted by Gasteiger charge is -2.14. The number of hydrogen-bond acceptors (Lipinski definition) is 9. The van der Waals surface area contributed by atoms with Gasteiger partial charge in [0, 0.05) is 42.5 Å². The summed E-state index contributed by atoms with van der Waals surface area (Å²) < 4.78 is 113. The maximum atomic E-state index is 15.1. The third kappa shape index (κ3) is 5.83. The number of fused-ring (bicyclic) bond motifs is 1. The van der Waals surface area contributed by atoms with Crippen molar-refractivity contribution < 1.29 is 54.5 Å². The predicted molar refractivity (Wildman–Crippen MR) is 156 cm³/mol. The van der Waals surface area contributed by atoms with Crippen molar-refractivity contribution in [3.05, 3.63) is 77.6 Å². The highest BCUT2D eigenvalue weighted by Crippen LogP contribution is 2.46. The van der Waals surface area contributed by atoms with Crippen LogP contribution in [-0.4, -0.2) is 52.6 Å². The summed E-state index contributed by atoms with van der Waals surface area (Å²) in [5.74, 6) is -4.98. The number of sulfone groups is 1. The molecule has 0 aliphatic carbocycles. The Balaban J connectivity index is 1.60. The van der Waals surface area contributed by atoms with Gasteiger partial charge in [-0.25, -0.2) is 17.8 Å². The van der Waals surface area contributed by atoms with Crippen molar-refractivity contribution in [3.63, 3.8) is 0 Å². The summed E-state index contributed by atoms with van der Waals surface area (Å²) in [5.41, 5.74) is 0.171. The summed E-state index contributed by atoms with van der Waals surface area (Å²) in [6.45, 7) is -0.854. The second-order valence-electron chi connectivity index (χ2n) is 10.8. The first-order chi connectivity index (χ1) is 22.0. The van der Waals surface area contributed by atoms with Gasteiger partial charge in [-0.05, 0) is 53.6 Å². The average molecular weight is 678 g/mol. The van der Waals surface area contributed by atoms with E-state index in [-0.39, 0.29) is 62.4 Å². The molecule has 0 saturated carbocycles. The van der Waals surface area contributed by atoms with Crippen molar-refractivity contribution in [2.45, 2.75) is 30.6 Å². The maximum absolute atomic E-state index is 15.1. The minimum absolute atomic E-state index is 0.0393. The Morgan fingerprint density at radius 3 is 2.32 bits per heavy atom. The first-order valence-corrected chi connectivity index (χ1v) is 15.6. The van der Waals surface area contributed by atoms with E-state index in [1.54, 1.807) is 0 Å². The van der Waals surface area contributed by atoms with E-state index < -0.39 is 57.2 Å². The van der Waals surface area contributed by atoms with Gasteiger partial charge >= 0.3 is 12.2 Å². The third-order valence-corrected chi connectivity index (χ3v) is 8.61. The molecule has 0 bridgehead atoms. The molecule has 0 spiro atoms. The van der Waals surface area contributed by atoms with Crippen LogP contribution >= 0.6 is 0 Å². The van der Waals surface area contributed by atoms with Gasteiger partial charge < -0.3 is 24.1 Å². The minimum atomic E-state index is -3.99. The quantitative estimate of drug-likeness (QED) is 0.195. The summed E-state index contributed by atoms with van der Waals surface area (Å²) in [7, 11) is -2.59. The van der Waals surface area contributed by atoms with Crippen LogP contribution in [0.25, 0.3) is 45.0 Å². The van der Waals surface area contributed by atoms with Crippen LogP contribution in [-0.2, 0) is 29.4 Å². The molecule has 6 rings (SSSR count). The van der Waals surface area contributed by atoms with Crippen LogP contribution in [0.3, 0.4) is 0 Å². The largest absolute Gasteiger partial charge is 0.586 e. The van der Waals surface area contributed by atoms with E-state index in [2.05, 4.69) is 19.6 Å². The number of aromatic nitrogens is 3. The molecule has 0 amide bonds. The second kappa shape index (κ2) is 11.2. The van der Waals surface area contributed by atoms with Crippen LogP contribution < -0.4 is 9.47 Å². The maximum Gasteiger partial charge on any atom is 0.586 e. The predicted octanol–water partition coefficient (Wildman–Crippen LogP) is 5.83. The van der Waals surface area contributed by atoms with E-state index in [0.29, 0.717) is 0 Å². The molecule has 0 atom stereocenters. The smallest absolute Gasteiger partial charge is 0.440 e. The highest BCUT2D eigenvalue weighted by Gasteiger charge is 2.43. The molecular weight excluding hydrogens is 653 g/mol. The van der Waals surface area contributed by atoms with E-state index in [9.17, 15) is 36.2 Å². The molecular formula is C31H24F5N3O7S. The molecule has 246 valence electrons. The summed E-state index contributed by atoms with van der Waals surface area (Å²) >= 11 is 0. The summed E-state index contributed by atoms with van der Waals surface area (Å²) in [6.07, 6.45) is -3.02. The zero-order valence-corrected chi connectivity index (χ0v) is 25.5. The number of nitrogens with zero attached hydrogens (tertiary/aromatic N) is 3. The molecule has 1 aliphatic rings. The highest BCUT2D eigenvalue weighted by molar-refractivity contribution is 7.90. The van der Waals surface area contributed by atoms with E-state index >= 15 is 4.39 Å². The lowest BCUT2D eigenvalue weighted by Crippen LogP contribution is -2.25. The minimum Gasteiger partial charge on any atom is -0.440 e. The topological polar surface area (TPSA) is 137 Å². The molecule has 10 nitrogen and oxygen atoms in total. The van der Waals surface area contributed by atoms with Gasteiger partial charge in [0.05, 0.1) is 17.2 Å². The van der Waals surface area contributed by atoms with Crippen molar-refractivity contribution in [1.82, 2.24) is 14.8 Å². The van der Waals surface area contributed by atoms with Crippen LogP contribution in [0.15, 0.2) is 63.9 Å². The zero-order chi connectivity index (χ0) is 34.1. The van der Waals surface area contributed by atoms with Gasteiger partial charge in [0.25, 0.3) is 0 Å². The molecule has 2 aromatic heterocycles. The fourth-order valence-corrected chi connectivity index (χ4v) is 6.23. The number of hydrogen-bond donors (Lipinski definition) is 2. The standard InChI is InChI=1S/C31H24F5N3O7S/c1-15-37-28(17-5-7-24-25(10-17)46-31(35,36)45-24)29(44-15)20-8-16(18-9-22(32)21(13-40)26(11-18)47(3,42)43)4-6-19(20)23-12-27(38-39(23)2)30(33,34)14-41/h4-12,40-41H,13-14H2,1-3H3. The van der Waals surface area contributed by atoms with Crippen LogP contribution in [0.2, 0.25) is 0 Å². The van der Waals surface area contributed by atoms with Crippen molar-refractivity contribution in [1.29, 1.82) is 0 Å². The Hall–Kier alpha value is -4.80. The Labute approximate surface area is 263 Å². The Morgan fingerprint density at radius 1 is 0.936 bits per heavy atom. The first kappa shape index (κ1) is 32.2. The average Bonchev–Trinajstić information content (AvgIpc) is 3.68. The van der Waals surface area contributed by atoms with Gasteiger partial charge in [-0.2, -0.15) is 13.9 Å². The monoisotopic (exact) mass is 677 g/mol. The fourth-order valence-electron chi connectivity index (χ4n) is 5.28. The van der Waals surface area contributed by atoms with Gasteiger partial charge in [0.15, 0.2) is 33.0 Å². The van der Waals surface area contributed by atoms with E-state index in [1.165, 1.54) is 56.4 Å². The Kier molecular flexibility index (Phi) is 7.64.